The fourth-order valence-corrected chi connectivity index (χ4v) is 7.69. The summed E-state index contributed by atoms with van der Waals surface area (Å²) >= 11 is 0. The van der Waals surface area contributed by atoms with E-state index in [1.54, 1.807) is 11.1 Å². The second-order valence-corrected chi connectivity index (χ2v) is 12.8. The smallest absolute Gasteiger partial charge is 0.275 e. The van der Waals surface area contributed by atoms with Crippen molar-refractivity contribution in [3.63, 3.8) is 0 Å². The van der Waals surface area contributed by atoms with E-state index >= 15 is 8.78 Å². The van der Waals surface area contributed by atoms with Crippen LogP contribution in [0.5, 0.6) is 0 Å². The van der Waals surface area contributed by atoms with Crippen LogP contribution in [-0.4, -0.2) is 99.6 Å². The Morgan fingerprint density at radius 2 is 1.67 bits per heavy atom. The van der Waals surface area contributed by atoms with Gasteiger partial charge < -0.3 is 4.90 Å². The van der Waals surface area contributed by atoms with Gasteiger partial charge in [0, 0.05) is 64.0 Å². The van der Waals surface area contributed by atoms with Crippen LogP contribution in [0.15, 0.2) is 72.9 Å². The van der Waals surface area contributed by atoms with E-state index < -0.39 is 23.9 Å². The highest BCUT2D eigenvalue weighted by Crippen LogP contribution is 2.36. The molecule has 0 radical (unpaired) electrons. The molecule has 2 aromatic carbocycles. The first-order chi connectivity index (χ1) is 22.3. The number of nitrogens with one attached hydrogen (secondary N) is 1. The fraction of sp³-hybridized carbons (Fsp3) is 0.429. The van der Waals surface area contributed by atoms with Crippen LogP contribution >= 0.6 is 0 Å². The lowest BCUT2D eigenvalue weighted by molar-refractivity contribution is -0.137. The Bertz CT molecular complexity index is 1560. The Hall–Kier alpha value is -4.06. The van der Waals surface area contributed by atoms with Crippen LogP contribution in [0.1, 0.15) is 58.0 Å². The number of carbonyl (C=O) groups excluding carboxylic acids is 3. The number of piperidine rings is 2. The summed E-state index contributed by atoms with van der Waals surface area (Å²) < 4.78 is 31.7. The normalized spacial score (nSPS) is 24.9. The van der Waals surface area contributed by atoms with Crippen LogP contribution in [-0.2, 0) is 22.7 Å². The first kappa shape index (κ1) is 30.6. The summed E-state index contributed by atoms with van der Waals surface area (Å²) in [6.07, 6.45) is 2.59. The van der Waals surface area contributed by atoms with E-state index in [1.165, 1.54) is 4.90 Å². The number of fused-ring (bicyclic) bond motifs is 1. The number of rotatable bonds is 7. The van der Waals surface area contributed by atoms with Gasteiger partial charge in [-0.25, -0.2) is 8.78 Å². The molecule has 4 aliphatic rings. The predicted octanol–water partition coefficient (Wildman–Crippen LogP) is 3.46. The zero-order valence-corrected chi connectivity index (χ0v) is 25.7. The highest BCUT2D eigenvalue weighted by Gasteiger charge is 2.48. The number of halogens is 2. The fourth-order valence-electron chi connectivity index (χ4n) is 7.69. The van der Waals surface area contributed by atoms with Crippen molar-refractivity contribution < 1.29 is 23.2 Å². The molecule has 240 valence electrons. The average Bonchev–Trinajstić information content (AvgIpc) is 3.39. The van der Waals surface area contributed by atoms with Gasteiger partial charge in [0.15, 0.2) is 0 Å². The van der Waals surface area contributed by atoms with Crippen molar-refractivity contribution in [3.8, 4) is 0 Å². The predicted molar refractivity (Wildman–Crippen MR) is 167 cm³/mol. The number of pyridine rings is 1. The molecule has 0 spiro atoms. The van der Waals surface area contributed by atoms with Crippen LogP contribution < -0.4 is 5.32 Å². The lowest BCUT2D eigenvalue weighted by Crippen LogP contribution is -2.61. The van der Waals surface area contributed by atoms with Crippen LogP contribution in [0.4, 0.5) is 8.78 Å². The van der Waals surface area contributed by atoms with Gasteiger partial charge in [-0.05, 0) is 41.7 Å². The SMILES string of the molecule is O=C1CCC(N2Cc3cccc(CN4CCC(N5CCN(C(c6ccccc6)c6ccccn6)CC5)C(F)(F)C4)c3C2=O)C(=O)N1. The minimum Gasteiger partial charge on any atom is -0.322 e. The van der Waals surface area contributed by atoms with Gasteiger partial charge >= 0.3 is 0 Å². The molecule has 3 amide bonds. The first-order valence-electron chi connectivity index (χ1n) is 16.1. The van der Waals surface area contributed by atoms with Crippen LogP contribution in [0.3, 0.4) is 0 Å². The molecule has 0 aliphatic carbocycles. The lowest BCUT2D eigenvalue weighted by Gasteiger charge is -2.47. The number of imide groups is 1. The highest BCUT2D eigenvalue weighted by molar-refractivity contribution is 6.06. The summed E-state index contributed by atoms with van der Waals surface area (Å²) in [5.74, 6) is -3.99. The third-order valence-corrected chi connectivity index (χ3v) is 9.91. The van der Waals surface area contributed by atoms with Crippen molar-refractivity contribution >= 4 is 17.7 Å². The minimum atomic E-state index is -2.92. The maximum Gasteiger partial charge on any atom is 0.275 e. The molecule has 46 heavy (non-hydrogen) atoms. The quantitative estimate of drug-likeness (QED) is 0.401. The van der Waals surface area contributed by atoms with Crippen molar-refractivity contribution in [3.05, 3.63) is 101 Å². The first-order valence-corrected chi connectivity index (χ1v) is 16.1. The molecule has 0 bridgehead atoms. The molecule has 7 rings (SSSR count). The van der Waals surface area contributed by atoms with Crippen LogP contribution in [0.2, 0.25) is 0 Å². The van der Waals surface area contributed by atoms with Gasteiger partial charge in [0.2, 0.25) is 11.8 Å². The van der Waals surface area contributed by atoms with E-state index in [-0.39, 0.29) is 50.3 Å². The van der Waals surface area contributed by atoms with E-state index in [0.29, 0.717) is 50.3 Å². The summed E-state index contributed by atoms with van der Waals surface area (Å²) in [5, 5.41) is 2.32. The maximum absolute atomic E-state index is 15.9. The molecule has 3 atom stereocenters. The van der Waals surface area contributed by atoms with Gasteiger partial charge in [0.25, 0.3) is 11.8 Å². The zero-order valence-electron chi connectivity index (χ0n) is 25.7. The number of amides is 3. The van der Waals surface area contributed by atoms with E-state index in [0.717, 1.165) is 16.8 Å². The Kier molecular flexibility index (Phi) is 8.39. The highest BCUT2D eigenvalue weighted by atomic mass is 19.3. The summed E-state index contributed by atoms with van der Waals surface area (Å²) in [4.78, 5) is 49.8. The molecule has 3 unspecified atom stereocenters. The number of hydrogen-bond donors (Lipinski definition) is 1. The lowest BCUT2D eigenvalue weighted by atomic mass is 9.95. The van der Waals surface area contributed by atoms with Crippen molar-refractivity contribution in [2.24, 2.45) is 0 Å². The van der Waals surface area contributed by atoms with Crippen molar-refractivity contribution in [1.29, 1.82) is 0 Å². The number of aromatic nitrogens is 1. The summed E-state index contributed by atoms with van der Waals surface area (Å²) in [7, 11) is 0. The van der Waals surface area contributed by atoms with Crippen LogP contribution in [0.25, 0.3) is 0 Å². The molecule has 11 heteroatoms. The Balaban J connectivity index is 0.995. The minimum absolute atomic E-state index is 0.0341. The molecule has 1 aromatic heterocycles. The zero-order chi connectivity index (χ0) is 31.8. The average molecular weight is 629 g/mol. The van der Waals surface area contributed by atoms with Gasteiger partial charge in [-0.2, -0.15) is 0 Å². The third kappa shape index (κ3) is 5.94. The summed E-state index contributed by atoms with van der Waals surface area (Å²) in [6.45, 7) is 3.03. The third-order valence-electron chi connectivity index (χ3n) is 9.91. The number of nitrogens with zero attached hydrogens (tertiary/aromatic N) is 5. The largest absolute Gasteiger partial charge is 0.322 e. The molecule has 3 fully saturated rings. The van der Waals surface area contributed by atoms with Gasteiger partial charge in [-0.15, -0.1) is 0 Å². The van der Waals surface area contributed by atoms with Crippen molar-refractivity contribution in [1.82, 2.24) is 29.9 Å². The van der Waals surface area contributed by atoms with Crippen molar-refractivity contribution in [2.75, 3.05) is 39.3 Å². The topological polar surface area (TPSA) is 89.1 Å². The monoisotopic (exact) mass is 628 g/mol. The van der Waals surface area contributed by atoms with Crippen LogP contribution in [0, 0.1) is 0 Å². The summed E-state index contributed by atoms with van der Waals surface area (Å²) in [5.41, 5.74) is 4.06. The molecule has 3 saturated heterocycles. The number of hydrogen-bond acceptors (Lipinski definition) is 7. The molecule has 9 nitrogen and oxygen atoms in total. The van der Waals surface area contributed by atoms with Gasteiger partial charge in [0.1, 0.15) is 6.04 Å². The van der Waals surface area contributed by atoms with E-state index in [2.05, 4.69) is 27.3 Å². The van der Waals surface area contributed by atoms with Gasteiger partial charge in [-0.1, -0.05) is 54.6 Å². The van der Waals surface area contributed by atoms with Crippen molar-refractivity contribution in [2.45, 2.75) is 56.4 Å². The number of benzene rings is 2. The Labute approximate surface area is 267 Å². The Morgan fingerprint density at radius 1 is 0.891 bits per heavy atom. The van der Waals surface area contributed by atoms with E-state index in [4.69, 9.17) is 0 Å². The molecule has 1 N–H and O–H groups in total. The Morgan fingerprint density at radius 3 is 2.39 bits per heavy atom. The standard InChI is InChI=1S/C35H38F2N6O3/c36-35(37)23-40(21-25-9-6-10-26-22-43(34(46)31(25)26)28-12-13-30(44)39-33(28)45)16-14-29(35)41-17-19-42(20-18-41)32(24-7-2-1-3-8-24)27-11-4-5-15-38-27/h1-11,15,28-29,32H,12-14,16-23H2,(H,39,44,45). The number of carbonyl (C=O) groups is 3. The second-order valence-electron chi connectivity index (χ2n) is 12.8. The van der Waals surface area contributed by atoms with E-state index in [1.807, 2.05) is 59.5 Å². The number of alkyl halides is 2. The summed E-state index contributed by atoms with van der Waals surface area (Å²) in [6, 6.07) is 20.0. The van der Waals surface area contributed by atoms with Gasteiger partial charge in [0.05, 0.1) is 24.3 Å². The molecule has 4 aliphatic heterocycles. The number of piperazine rings is 1. The number of likely N-dealkylation sites (tertiary alicyclic amines) is 1. The molecular weight excluding hydrogens is 590 g/mol. The molecule has 0 saturated carbocycles. The molecule has 5 heterocycles. The van der Waals surface area contributed by atoms with Gasteiger partial charge in [-0.3, -0.25) is 39.4 Å². The molecular formula is C35H38F2N6O3. The maximum atomic E-state index is 15.9. The second kappa shape index (κ2) is 12.6. The van der Waals surface area contributed by atoms with E-state index in [9.17, 15) is 14.4 Å². The molecule has 3 aromatic rings.